The molecule has 0 bridgehead atoms. The van der Waals surface area contributed by atoms with Gasteiger partial charge < -0.3 is 13.9 Å². The van der Waals surface area contributed by atoms with E-state index in [9.17, 15) is 9.59 Å². The van der Waals surface area contributed by atoms with Crippen molar-refractivity contribution in [3.8, 4) is 0 Å². The van der Waals surface area contributed by atoms with Crippen LogP contribution in [0, 0.1) is 40.4 Å². The fraction of sp³-hybridized carbons (Fsp3) is 0.875. The number of rotatable bonds is 6. The van der Waals surface area contributed by atoms with Crippen LogP contribution in [-0.4, -0.2) is 39.1 Å². The Balaban J connectivity index is 1.58. The molecule has 0 unspecified atom stereocenters. The summed E-state index contributed by atoms with van der Waals surface area (Å²) in [6.07, 6.45) is 9.60. The molecule has 0 N–H and O–H groups in total. The van der Waals surface area contributed by atoms with Gasteiger partial charge in [0.15, 0.2) is 8.32 Å². The maximum absolute atomic E-state index is 12.2. The fourth-order valence-electron chi connectivity index (χ4n) is 8.84. The number of carbonyl (C=O) groups excluding carboxylic acids is 2. The summed E-state index contributed by atoms with van der Waals surface area (Å²) in [6.45, 7) is 22.9. The zero-order valence-electron chi connectivity index (χ0n) is 25.8. The van der Waals surface area contributed by atoms with Gasteiger partial charge in [0.2, 0.25) is 0 Å². The number of carbonyl (C=O) groups is 2. The Morgan fingerprint density at radius 2 is 1.68 bits per heavy atom. The summed E-state index contributed by atoms with van der Waals surface area (Å²) in [5.41, 5.74) is 1.86. The summed E-state index contributed by atoms with van der Waals surface area (Å²) in [5, 5.41) is 0.228. The first kappa shape index (κ1) is 29.8. The lowest BCUT2D eigenvalue weighted by atomic mass is 9.47. The van der Waals surface area contributed by atoms with E-state index in [1.807, 2.05) is 0 Å². The van der Waals surface area contributed by atoms with E-state index in [0.717, 1.165) is 38.7 Å². The predicted octanol–water partition coefficient (Wildman–Crippen LogP) is 7.70. The maximum atomic E-state index is 12.2. The first-order valence-electron chi connectivity index (χ1n) is 15.2. The summed E-state index contributed by atoms with van der Waals surface area (Å²) < 4.78 is 18.4. The van der Waals surface area contributed by atoms with E-state index in [0.29, 0.717) is 23.7 Å². The van der Waals surface area contributed by atoms with Gasteiger partial charge in [-0.15, -0.1) is 0 Å². The van der Waals surface area contributed by atoms with Crippen LogP contribution in [0.2, 0.25) is 18.1 Å². The molecule has 0 radical (unpaired) electrons. The topological polar surface area (TPSA) is 61.8 Å². The Morgan fingerprint density at radius 3 is 2.29 bits per heavy atom. The lowest BCUT2D eigenvalue weighted by Gasteiger charge is -2.59. The molecule has 4 aliphatic carbocycles. The molecule has 216 valence electrons. The highest BCUT2D eigenvalue weighted by atomic mass is 28.4. The third-order valence-electron chi connectivity index (χ3n) is 11.9. The summed E-state index contributed by atoms with van der Waals surface area (Å²) in [4.78, 5) is 23.9. The van der Waals surface area contributed by atoms with Crippen molar-refractivity contribution in [3.63, 3.8) is 0 Å². The molecule has 0 aliphatic heterocycles. The normalized spacial score (nSPS) is 39.8. The second kappa shape index (κ2) is 10.4. The van der Waals surface area contributed by atoms with E-state index in [1.165, 1.54) is 26.7 Å². The number of fused-ring (bicyclic) bond motifs is 5. The Hall–Kier alpha value is -1.14. The van der Waals surface area contributed by atoms with E-state index in [2.05, 4.69) is 60.7 Å². The number of allylic oxidation sites excluding steroid dienone is 2. The van der Waals surface area contributed by atoms with Crippen LogP contribution in [0.25, 0.3) is 0 Å². The molecule has 38 heavy (non-hydrogen) atoms. The van der Waals surface area contributed by atoms with Gasteiger partial charge in [-0.2, -0.15) is 0 Å². The minimum atomic E-state index is -1.78. The highest BCUT2D eigenvalue weighted by Crippen LogP contribution is 2.66. The van der Waals surface area contributed by atoms with Crippen LogP contribution >= 0.6 is 0 Å². The van der Waals surface area contributed by atoms with Crippen molar-refractivity contribution >= 4 is 20.3 Å². The van der Waals surface area contributed by atoms with Gasteiger partial charge in [-0.05, 0) is 97.6 Å². The Labute approximate surface area is 233 Å². The van der Waals surface area contributed by atoms with Gasteiger partial charge >= 0.3 is 11.9 Å². The third-order valence-corrected chi connectivity index (χ3v) is 16.4. The van der Waals surface area contributed by atoms with E-state index in [4.69, 9.17) is 13.9 Å². The predicted molar refractivity (Wildman–Crippen MR) is 154 cm³/mol. The molecular weight excluding hydrogens is 492 g/mol. The molecule has 0 heterocycles. The van der Waals surface area contributed by atoms with Gasteiger partial charge in [0, 0.05) is 26.4 Å². The number of hydrogen-bond donors (Lipinski definition) is 0. The third kappa shape index (κ3) is 5.30. The number of ether oxygens (including phenoxy) is 2. The van der Waals surface area contributed by atoms with Crippen LogP contribution in [0.1, 0.15) is 100 Å². The molecule has 0 aromatic rings. The monoisotopic (exact) mass is 546 g/mol. The highest BCUT2D eigenvalue weighted by Gasteiger charge is 2.60. The van der Waals surface area contributed by atoms with Crippen molar-refractivity contribution in [2.45, 2.75) is 131 Å². The summed E-state index contributed by atoms with van der Waals surface area (Å²) in [5.74, 6) is 2.04. The maximum Gasteiger partial charge on any atom is 0.302 e. The SMILES string of the molecule is CC(=O)O[C@H]1CC[C@]2(C)C3=CC[C@]4(C)[C@@H]([C@H](C)CO[Si](C)(C)C(C)(C)C)CC[C@H]4[C@@H]3C[C@H](OC(C)=O)[C@H]2C1. The quantitative estimate of drug-likeness (QED) is 0.194. The Bertz CT molecular complexity index is 950. The second-order valence-electron chi connectivity index (χ2n) is 15.2. The lowest BCUT2D eigenvalue weighted by molar-refractivity contribution is -0.168. The molecular formula is C32H54O5Si. The van der Waals surface area contributed by atoms with Crippen molar-refractivity contribution < 1.29 is 23.5 Å². The molecule has 9 atom stereocenters. The average molecular weight is 547 g/mol. The van der Waals surface area contributed by atoms with Crippen molar-refractivity contribution in [3.05, 3.63) is 11.6 Å². The van der Waals surface area contributed by atoms with Crippen LogP contribution in [0.3, 0.4) is 0 Å². The number of esters is 2. The standard InChI is InChI=1S/C32H54O5Si/c1-20(19-35-38(9,10)30(4,5)6)25-11-12-26-24-18-29(37-22(3)34)28-17-23(36-21(2)33)13-15-32(28,8)27(24)14-16-31(25,26)7/h14,20,23-26,28-29H,11-13,15-19H2,1-10H3/t20-,23+,24+,25-,26+,28-,29+,31-,32-/m1/s1. The Kier molecular flexibility index (Phi) is 8.13. The van der Waals surface area contributed by atoms with Crippen LogP contribution in [0.5, 0.6) is 0 Å². The van der Waals surface area contributed by atoms with E-state index in [1.54, 1.807) is 5.57 Å². The molecule has 4 aliphatic rings. The van der Waals surface area contributed by atoms with Crippen molar-refractivity contribution in [1.82, 2.24) is 0 Å². The largest absolute Gasteiger partial charge is 0.463 e. The van der Waals surface area contributed by atoms with Crippen molar-refractivity contribution in [2.75, 3.05) is 6.61 Å². The minimum Gasteiger partial charge on any atom is -0.463 e. The van der Waals surface area contributed by atoms with Gasteiger partial charge in [-0.1, -0.05) is 53.2 Å². The van der Waals surface area contributed by atoms with E-state index < -0.39 is 8.32 Å². The van der Waals surface area contributed by atoms with Gasteiger partial charge in [0.25, 0.3) is 0 Å². The fourth-order valence-corrected chi connectivity index (χ4v) is 9.95. The molecule has 0 amide bonds. The molecule has 0 spiro atoms. The van der Waals surface area contributed by atoms with Gasteiger partial charge in [-0.3, -0.25) is 9.59 Å². The first-order chi connectivity index (χ1) is 17.5. The zero-order valence-corrected chi connectivity index (χ0v) is 26.8. The second-order valence-corrected chi connectivity index (χ2v) is 20.0. The summed E-state index contributed by atoms with van der Waals surface area (Å²) in [6, 6.07) is 0. The molecule has 3 fully saturated rings. The molecule has 0 aromatic carbocycles. The molecule has 6 heteroatoms. The van der Waals surface area contributed by atoms with E-state index in [-0.39, 0.29) is 45.9 Å². The number of hydrogen-bond acceptors (Lipinski definition) is 5. The van der Waals surface area contributed by atoms with Crippen molar-refractivity contribution in [2.24, 2.45) is 40.4 Å². The van der Waals surface area contributed by atoms with Crippen LogP contribution < -0.4 is 0 Å². The lowest BCUT2D eigenvalue weighted by Crippen LogP contribution is -2.55. The highest BCUT2D eigenvalue weighted by molar-refractivity contribution is 6.74. The van der Waals surface area contributed by atoms with Crippen LogP contribution in [0.4, 0.5) is 0 Å². The van der Waals surface area contributed by atoms with E-state index >= 15 is 0 Å². The summed E-state index contributed by atoms with van der Waals surface area (Å²) in [7, 11) is -1.78. The van der Waals surface area contributed by atoms with Gasteiger partial charge in [0.1, 0.15) is 12.2 Å². The molecule has 0 aromatic heterocycles. The smallest absolute Gasteiger partial charge is 0.302 e. The summed E-state index contributed by atoms with van der Waals surface area (Å²) >= 11 is 0. The van der Waals surface area contributed by atoms with Gasteiger partial charge in [0.05, 0.1) is 0 Å². The minimum absolute atomic E-state index is 0.00381. The van der Waals surface area contributed by atoms with Crippen LogP contribution in [-0.2, 0) is 23.5 Å². The van der Waals surface area contributed by atoms with Crippen LogP contribution in [0.15, 0.2) is 11.6 Å². The average Bonchev–Trinajstić information content (AvgIpc) is 3.14. The molecule has 0 saturated heterocycles. The zero-order chi connectivity index (χ0) is 28.3. The Morgan fingerprint density at radius 1 is 1.03 bits per heavy atom. The molecule has 3 saturated carbocycles. The molecule has 4 rings (SSSR count). The first-order valence-corrected chi connectivity index (χ1v) is 18.1. The van der Waals surface area contributed by atoms with Gasteiger partial charge in [-0.25, -0.2) is 0 Å². The molecule has 5 nitrogen and oxygen atoms in total. The van der Waals surface area contributed by atoms with Crippen molar-refractivity contribution in [1.29, 1.82) is 0 Å².